The van der Waals surface area contributed by atoms with Crippen molar-refractivity contribution in [1.29, 1.82) is 0 Å². The summed E-state index contributed by atoms with van der Waals surface area (Å²) in [5.74, 6) is -2.63. The molecule has 1 saturated carbocycles. The van der Waals surface area contributed by atoms with Gasteiger partial charge in [-0.2, -0.15) is 0 Å². The molecular weight excluding hydrogens is 369 g/mol. The van der Waals surface area contributed by atoms with E-state index in [1.165, 1.54) is 48.5 Å². The fraction of sp³-hybridized carbons (Fsp3) is 0.235. The summed E-state index contributed by atoms with van der Waals surface area (Å²) in [6.07, 6.45) is 0. The van der Waals surface area contributed by atoms with Crippen LogP contribution >= 0.6 is 11.6 Å². The summed E-state index contributed by atoms with van der Waals surface area (Å²) < 4.78 is 39.2. The highest BCUT2D eigenvalue weighted by Gasteiger charge is 2.75. The van der Waals surface area contributed by atoms with Gasteiger partial charge in [-0.05, 0) is 42.0 Å². The van der Waals surface area contributed by atoms with Crippen molar-refractivity contribution < 1.29 is 22.7 Å². The van der Waals surface area contributed by atoms with Crippen LogP contribution in [-0.4, -0.2) is 31.3 Å². The van der Waals surface area contributed by atoms with Crippen molar-refractivity contribution in [1.82, 2.24) is 0 Å². The Morgan fingerprint density at radius 1 is 1.16 bits per heavy atom. The van der Waals surface area contributed by atoms with Crippen LogP contribution in [0.2, 0.25) is 5.02 Å². The van der Waals surface area contributed by atoms with Crippen LogP contribution in [0.15, 0.2) is 53.4 Å². The van der Waals surface area contributed by atoms with Crippen molar-refractivity contribution in [3.63, 3.8) is 0 Å². The predicted octanol–water partition coefficient (Wildman–Crippen LogP) is 2.45. The number of carboxylic acids is 1. The monoisotopic (exact) mass is 383 g/mol. The van der Waals surface area contributed by atoms with E-state index in [1.807, 2.05) is 0 Å². The van der Waals surface area contributed by atoms with Crippen LogP contribution in [0, 0.1) is 11.2 Å². The lowest BCUT2D eigenvalue weighted by Crippen LogP contribution is -2.31. The third-order valence-corrected chi connectivity index (χ3v) is 7.24. The Balaban J connectivity index is 2.10. The van der Waals surface area contributed by atoms with Gasteiger partial charge in [-0.25, -0.2) is 12.8 Å². The molecule has 5 nitrogen and oxygen atoms in total. The van der Waals surface area contributed by atoms with E-state index in [-0.39, 0.29) is 11.4 Å². The highest BCUT2D eigenvalue weighted by molar-refractivity contribution is 7.92. The first-order valence-electron chi connectivity index (χ1n) is 7.43. The third-order valence-electron chi connectivity index (χ3n) is 4.70. The molecule has 25 heavy (non-hydrogen) atoms. The maximum atomic E-state index is 13.2. The average molecular weight is 384 g/mol. The summed E-state index contributed by atoms with van der Waals surface area (Å²) in [7, 11) is -3.97. The maximum absolute atomic E-state index is 13.2. The first-order chi connectivity index (χ1) is 11.7. The second-order valence-corrected chi connectivity index (χ2v) is 8.50. The van der Waals surface area contributed by atoms with Crippen LogP contribution in [0.25, 0.3) is 0 Å². The van der Waals surface area contributed by atoms with Gasteiger partial charge in [0.25, 0.3) is 0 Å². The quantitative estimate of drug-likeness (QED) is 0.826. The van der Waals surface area contributed by atoms with E-state index in [0.29, 0.717) is 10.6 Å². The first-order valence-corrected chi connectivity index (χ1v) is 9.36. The van der Waals surface area contributed by atoms with E-state index in [4.69, 9.17) is 17.3 Å². The molecule has 0 spiro atoms. The Hall–Kier alpha value is -1.96. The molecule has 3 N–H and O–H groups in total. The van der Waals surface area contributed by atoms with Crippen LogP contribution < -0.4 is 5.73 Å². The van der Waals surface area contributed by atoms with Gasteiger partial charge in [0.2, 0.25) is 0 Å². The molecule has 3 atom stereocenters. The van der Waals surface area contributed by atoms with Crippen molar-refractivity contribution in [3.05, 3.63) is 64.9 Å². The number of nitrogens with two attached hydrogens (primary N) is 1. The molecule has 132 valence electrons. The number of hydrogen-bond donors (Lipinski definition) is 2. The van der Waals surface area contributed by atoms with E-state index < -0.39 is 38.2 Å². The molecule has 0 aromatic heterocycles. The molecule has 0 aliphatic heterocycles. The highest BCUT2D eigenvalue weighted by Crippen LogP contribution is 2.63. The van der Waals surface area contributed by atoms with Crippen LogP contribution in [0.1, 0.15) is 11.5 Å². The Labute approximate surface area is 149 Å². The zero-order valence-corrected chi connectivity index (χ0v) is 14.5. The first kappa shape index (κ1) is 17.8. The number of hydrogen-bond acceptors (Lipinski definition) is 4. The van der Waals surface area contributed by atoms with E-state index in [1.54, 1.807) is 0 Å². The van der Waals surface area contributed by atoms with Gasteiger partial charge >= 0.3 is 5.97 Å². The Bertz CT molecular complexity index is 915. The molecule has 0 amide bonds. The molecule has 1 aliphatic carbocycles. The molecule has 1 aliphatic rings. The van der Waals surface area contributed by atoms with Gasteiger partial charge in [0.1, 0.15) is 11.2 Å². The normalized spacial score (nSPS) is 25.6. The largest absolute Gasteiger partial charge is 0.481 e. The summed E-state index contributed by atoms with van der Waals surface area (Å²) in [5, 5.41) is 8.82. The van der Waals surface area contributed by atoms with E-state index >= 15 is 0 Å². The lowest BCUT2D eigenvalue weighted by molar-refractivity contribution is -0.143. The minimum Gasteiger partial charge on any atom is -0.481 e. The SMILES string of the molecule is NC[C@]1(C(=O)O)[C@H](c2ccc(F)cc2)[C@H]1S(=O)(=O)c1ccc(Cl)cc1. The third kappa shape index (κ3) is 2.72. The van der Waals surface area contributed by atoms with Gasteiger partial charge in [0, 0.05) is 17.5 Å². The highest BCUT2D eigenvalue weighted by atomic mass is 35.5. The molecule has 0 radical (unpaired) electrons. The fourth-order valence-electron chi connectivity index (χ4n) is 3.36. The van der Waals surface area contributed by atoms with Gasteiger partial charge in [-0.15, -0.1) is 0 Å². The predicted molar refractivity (Wildman–Crippen MR) is 90.7 cm³/mol. The van der Waals surface area contributed by atoms with Crippen LogP contribution in [-0.2, 0) is 14.6 Å². The zero-order valence-electron chi connectivity index (χ0n) is 12.9. The Morgan fingerprint density at radius 2 is 1.72 bits per heavy atom. The number of benzene rings is 2. The Morgan fingerprint density at radius 3 is 2.20 bits per heavy atom. The number of halogens is 2. The lowest BCUT2D eigenvalue weighted by Gasteiger charge is -2.10. The number of rotatable bonds is 5. The van der Waals surface area contributed by atoms with Crippen molar-refractivity contribution in [2.45, 2.75) is 16.1 Å². The smallest absolute Gasteiger partial charge is 0.312 e. The molecule has 0 saturated heterocycles. The topological polar surface area (TPSA) is 97.5 Å². The lowest BCUT2D eigenvalue weighted by atomic mass is 9.99. The minimum atomic E-state index is -3.97. The standard InChI is InChI=1S/C17H15ClFNO4S/c18-11-3-7-13(8-4-11)25(23,24)15-14(17(15,9-20)16(21)22)10-1-5-12(19)6-2-10/h1-8,14-15H,9,20H2,(H,21,22)/t14-,15-,17+/m1/s1. The number of carboxylic acid groups (broad SMARTS) is 1. The summed E-state index contributed by atoms with van der Waals surface area (Å²) in [6.45, 7) is -0.345. The summed E-state index contributed by atoms with van der Waals surface area (Å²) >= 11 is 5.79. The molecule has 3 rings (SSSR count). The van der Waals surface area contributed by atoms with E-state index in [2.05, 4.69) is 0 Å². The molecule has 2 aromatic rings. The molecule has 0 unspecified atom stereocenters. The number of carbonyl (C=O) groups is 1. The van der Waals surface area contributed by atoms with Crippen molar-refractivity contribution >= 4 is 27.4 Å². The summed E-state index contributed by atoms with van der Waals surface area (Å²) in [4.78, 5) is 11.8. The second kappa shape index (κ2) is 6.09. The van der Waals surface area contributed by atoms with Gasteiger partial charge < -0.3 is 10.8 Å². The van der Waals surface area contributed by atoms with Crippen molar-refractivity contribution in [3.8, 4) is 0 Å². The second-order valence-electron chi connectivity index (χ2n) is 6.00. The molecule has 0 heterocycles. The summed E-state index contributed by atoms with van der Waals surface area (Å²) in [5.41, 5.74) is 4.46. The molecule has 1 fully saturated rings. The Kier molecular flexibility index (Phi) is 4.35. The van der Waals surface area contributed by atoms with Crippen molar-refractivity contribution in [2.24, 2.45) is 11.1 Å². The van der Waals surface area contributed by atoms with Gasteiger partial charge in [0.15, 0.2) is 9.84 Å². The molecule has 8 heteroatoms. The van der Waals surface area contributed by atoms with Crippen LogP contribution in [0.4, 0.5) is 4.39 Å². The zero-order chi connectivity index (χ0) is 18.4. The summed E-state index contributed by atoms with van der Waals surface area (Å²) in [6, 6.07) is 10.6. The van der Waals surface area contributed by atoms with E-state index in [0.717, 1.165) is 0 Å². The number of aliphatic carboxylic acids is 1. The maximum Gasteiger partial charge on any atom is 0.312 e. The average Bonchev–Trinajstić information content (AvgIpc) is 3.27. The van der Waals surface area contributed by atoms with Gasteiger partial charge in [-0.3, -0.25) is 4.79 Å². The van der Waals surface area contributed by atoms with Crippen LogP contribution in [0.3, 0.4) is 0 Å². The van der Waals surface area contributed by atoms with Gasteiger partial charge in [-0.1, -0.05) is 23.7 Å². The van der Waals surface area contributed by atoms with Gasteiger partial charge in [0.05, 0.1) is 10.1 Å². The fourth-order valence-corrected chi connectivity index (χ4v) is 5.87. The van der Waals surface area contributed by atoms with E-state index in [9.17, 15) is 22.7 Å². The molecule has 0 bridgehead atoms. The van der Waals surface area contributed by atoms with Crippen LogP contribution in [0.5, 0.6) is 0 Å². The molecular formula is C17H15ClFNO4S. The molecule has 2 aromatic carbocycles. The van der Waals surface area contributed by atoms with Crippen molar-refractivity contribution in [2.75, 3.05) is 6.54 Å². The minimum absolute atomic E-state index is 0.0226. The number of sulfone groups is 1.